The Balaban J connectivity index is 1.11. The first kappa shape index (κ1) is 54.2. The fourth-order valence-corrected chi connectivity index (χ4v) is 10.7. The molecule has 71 heavy (non-hydrogen) atoms. The molecule has 4 aromatic rings. The number of methoxy groups -OCH3 is 6. The summed E-state index contributed by atoms with van der Waals surface area (Å²) in [4.78, 5) is 25.7. The number of fused-ring (bicyclic) bond motifs is 2. The lowest BCUT2D eigenvalue weighted by molar-refractivity contribution is -0.941. The van der Waals surface area contributed by atoms with Gasteiger partial charge in [0.05, 0.1) is 135 Å². The summed E-state index contributed by atoms with van der Waals surface area (Å²) < 4.78 is 46.3. The number of carbonyl (C=O) groups excluding carboxylic acids is 2. The summed E-state index contributed by atoms with van der Waals surface area (Å²) in [6.07, 6.45) is 2.80. The Kier molecular flexibility index (Phi) is 18.6. The number of rotatable bonds is 22. The number of aliphatic hydroxyl groups excluding tert-OH is 5. The summed E-state index contributed by atoms with van der Waals surface area (Å²) in [5.74, 6) is 5.97. The fraction of sp³-hybridized carbons (Fsp3) is 0.481. The van der Waals surface area contributed by atoms with Crippen molar-refractivity contribution in [3.05, 3.63) is 104 Å². The maximum Gasteiger partial charge on any atom is 0.384 e. The predicted molar refractivity (Wildman–Crippen MR) is 261 cm³/mol. The van der Waals surface area contributed by atoms with Crippen LogP contribution in [0.2, 0.25) is 0 Å². The normalized spacial score (nSPS) is 19.1. The van der Waals surface area contributed by atoms with Crippen molar-refractivity contribution in [3.63, 3.8) is 0 Å². The smallest absolute Gasteiger partial charge is 0.384 e. The summed E-state index contributed by atoms with van der Waals surface area (Å²) >= 11 is 0. The third-order valence-corrected chi connectivity index (χ3v) is 14.3. The van der Waals surface area contributed by atoms with Crippen LogP contribution < -0.4 is 28.4 Å². The van der Waals surface area contributed by atoms with Crippen LogP contribution in [0.4, 0.5) is 0 Å². The summed E-state index contributed by atoms with van der Waals surface area (Å²) in [7, 11) is 13.6. The number of benzene rings is 4. The van der Waals surface area contributed by atoms with Gasteiger partial charge in [-0.25, -0.2) is 9.59 Å². The van der Waals surface area contributed by atoms with E-state index in [9.17, 15) is 35.1 Å². The molecule has 17 heteroatoms. The molecule has 0 aromatic heterocycles. The lowest BCUT2D eigenvalue weighted by Crippen LogP contribution is -2.53. The van der Waals surface area contributed by atoms with Crippen LogP contribution in [0.15, 0.2) is 42.5 Å². The number of hydrogen-bond acceptors (Lipinski definition) is 15. The largest absolute Gasteiger partial charge is 0.496 e. The Morgan fingerprint density at radius 3 is 1.68 bits per heavy atom. The van der Waals surface area contributed by atoms with E-state index in [1.54, 1.807) is 28.4 Å². The first-order valence-corrected chi connectivity index (χ1v) is 23.7. The average molecular weight is 987 g/mol. The molecule has 4 atom stereocenters. The summed E-state index contributed by atoms with van der Waals surface area (Å²) in [6, 6.07) is 13.0. The van der Waals surface area contributed by atoms with Crippen molar-refractivity contribution in [2.75, 3.05) is 96.1 Å². The second kappa shape index (κ2) is 24.3. The summed E-state index contributed by atoms with van der Waals surface area (Å²) in [6.45, 7) is 1.23. The SMILES string of the molecule is COc1cc2c(cc1OC)C(c1cc(CO)c(OC)c(OC)c1)[N+](C)(CCCOC(=O)C#CC(=O)OCCC[N+]1(C)CCc3cc(CO)c(CO)c(OC)c3C1Cc1cc(CO)c(CO)c(OC)c1)CC2. The van der Waals surface area contributed by atoms with Crippen LogP contribution in [-0.2, 0) is 71.4 Å². The van der Waals surface area contributed by atoms with Crippen molar-refractivity contribution in [2.24, 2.45) is 0 Å². The first-order chi connectivity index (χ1) is 34.2. The number of aliphatic hydroxyl groups is 5. The van der Waals surface area contributed by atoms with E-state index in [0.717, 1.165) is 46.3 Å². The zero-order valence-electron chi connectivity index (χ0n) is 42.2. The molecule has 0 fully saturated rings. The topological polar surface area (TPSA) is 209 Å². The van der Waals surface area contributed by atoms with E-state index in [4.69, 9.17) is 37.9 Å². The van der Waals surface area contributed by atoms with Crippen LogP contribution in [0.3, 0.4) is 0 Å². The molecule has 5 N–H and O–H groups in total. The minimum absolute atomic E-state index is 0.0332. The van der Waals surface area contributed by atoms with Gasteiger partial charge in [-0.1, -0.05) is 12.1 Å². The summed E-state index contributed by atoms with van der Waals surface area (Å²) in [5, 5.41) is 51.3. The highest BCUT2D eigenvalue weighted by Gasteiger charge is 2.44. The van der Waals surface area contributed by atoms with Gasteiger partial charge in [0.1, 0.15) is 23.6 Å². The van der Waals surface area contributed by atoms with E-state index in [1.165, 1.54) is 14.2 Å². The highest BCUT2D eigenvalue weighted by molar-refractivity contribution is 5.98. The number of ether oxygens (including phenoxy) is 8. The molecule has 2 heterocycles. The number of nitrogens with zero attached hydrogens (tertiary/aromatic N) is 2. The Morgan fingerprint density at radius 2 is 1.11 bits per heavy atom. The zero-order valence-corrected chi connectivity index (χ0v) is 42.2. The van der Waals surface area contributed by atoms with Crippen LogP contribution in [0.25, 0.3) is 0 Å². The van der Waals surface area contributed by atoms with Gasteiger partial charge in [0, 0.05) is 71.8 Å². The molecule has 0 amide bonds. The molecule has 0 radical (unpaired) electrons. The summed E-state index contributed by atoms with van der Waals surface area (Å²) in [5.41, 5.74) is 8.51. The molecule has 0 spiro atoms. The van der Waals surface area contributed by atoms with Gasteiger partial charge < -0.3 is 72.4 Å². The monoisotopic (exact) mass is 986 g/mol. The van der Waals surface area contributed by atoms with E-state index < -0.39 is 11.9 Å². The van der Waals surface area contributed by atoms with E-state index >= 15 is 0 Å². The van der Waals surface area contributed by atoms with Crippen molar-refractivity contribution in [2.45, 2.75) is 77.2 Å². The van der Waals surface area contributed by atoms with Crippen molar-refractivity contribution >= 4 is 11.9 Å². The van der Waals surface area contributed by atoms with Crippen molar-refractivity contribution in [3.8, 4) is 46.3 Å². The quantitative estimate of drug-likeness (QED) is 0.0247. The minimum atomic E-state index is -0.861. The highest BCUT2D eigenvalue weighted by atomic mass is 16.5. The predicted octanol–water partition coefficient (Wildman–Crippen LogP) is 4.15. The molecular formula is C54H70N2O15+2. The molecule has 0 saturated carbocycles. The van der Waals surface area contributed by atoms with Gasteiger partial charge >= 0.3 is 11.9 Å². The molecule has 0 aliphatic carbocycles. The minimum Gasteiger partial charge on any atom is -0.496 e. The standard InChI is InChI=1S/C54H70N2O15/c1-55(17-14-36-24-39(30-58)43(33-61)54(69-8)51(36)44(55)22-34-21-38(29-57)42(32-60)45(23-34)64-3)15-9-19-70-49(62)11-12-50(63)71-20-10-16-56(2)18-13-35-26-46(65-4)47(66-5)28-41(35)52(56)37-25-40(31-59)53(68-7)48(27-37)67-6/h21,23-28,44,52,57-61H,9-10,13-20,22,29-33H2,1-8H3/q+2. The van der Waals surface area contributed by atoms with E-state index in [2.05, 4.69) is 25.9 Å². The molecule has 4 aromatic carbocycles. The van der Waals surface area contributed by atoms with E-state index in [-0.39, 0.29) is 58.3 Å². The second-order valence-corrected chi connectivity index (χ2v) is 18.4. The third-order valence-electron chi connectivity index (χ3n) is 14.3. The number of quaternary nitrogens is 2. The van der Waals surface area contributed by atoms with Gasteiger partial charge in [0.2, 0.25) is 0 Å². The van der Waals surface area contributed by atoms with Crippen molar-refractivity contribution in [1.82, 2.24) is 0 Å². The van der Waals surface area contributed by atoms with Gasteiger partial charge in [-0.3, -0.25) is 0 Å². The van der Waals surface area contributed by atoms with Crippen LogP contribution >= 0.6 is 0 Å². The molecular weight excluding hydrogens is 917 g/mol. The zero-order chi connectivity index (χ0) is 51.5. The molecule has 0 saturated heterocycles. The Labute approximate surface area is 416 Å². The lowest BCUT2D eigenvalue weighted by Gasteiger charge is -2.46. The second-order valence-electron chi connectivity index (χ2n) is 18.4. The molecule has 384 valence electrons. The Hall–Kier alpha value is -6.10. The Bertz CT molecular complexity index is 2560. The average Bonchev–Trinajstić information content (AvgIpc) is 3.39. The molecule has 6 rings (SSSR count). The van der Waals surface area contributed by atoms with Gasteiger partial charge in [-0.05, 0) is 58.1 Å². The van der Waals surface area contributed by atoms with Crippen LogP contribution in [-0.4, -0.2) is 143 Å². The van der Waals surface area contributed by atoms with Gasteiger partial charge in [-0.2, -0.15) is 0 Å². The number of carbonyl (C=O) groups is 2. The molecule has 2 aliphatic rings. The van der Waals surface area contributed by atoms with E-state index in [1.807, 2.05) is 42.5 Å². The van der Waals surface area contributed by atoms with Crippen molar-refractivity contribution in [1.29, 1.82) is 0 Å². The maximum atomic E-state index is 12.8. The molecule has 2 aliphatic heterocycles. The highest BCUT2D eigenvalue weighted by Crippen LogP contribution is 2.48. The molecule has 4 unspecified atom stereocenters. The van der Waals surface area contributed by atoms with Crippen LogP contribution in [0.5, 0.6) is 34.5 Å². The van der Waals surface area contributed by atoms with Gasteiger partial charge in [0.25, 0.3) is 0 Å². The maximum absolute atomic E-state index is 12.8. The van der Waals surface area contributed by atoms with E-state index in [0.29, 0.717) is 117 Å². The fourth-order valence-electron chi connectivity index (χ4n) is 10.7. The van der Waals surface area contributed by atoms with Gasteiger partial charge in [0.15, 0.2) is 23.0 Å². The van der Waals surface area contributed by atoms with Crippen LogP contribution in [0.1, 0.15) is 86.1 Å². The first-order valence-electron chi connectivity index (χ1n) is 23.7. The third kappa shape index (κ3) is 11.7. The van der Waals surface area contributed by atoms with Crippen molar-refractivity contribution < 1.29 is 82.0 Å². The van der Waals surface area contributed by atoms with Gasteiger partial charge in [-0.15, -0.1) is 0 Å². The lowest BCUT2D eigenvalue weighted by atomic mass is 9.82. The number of likely N-dealkylation sites (N-methyl/N-ethyl adjacent to an activating group) is 2. The number of hydrogen-bond donors (Lipinski definition) is 5. The van der Waals surface area contributed by atoms with Crippen LogP contribution in [0, 0.1) is 11.8 Å². The molecule has 17 nitrogen and oxygen atoms in total. The number of esters is 2. The Morgan fingerprint density at radius 1 is 0.563 bits per heavy atom. The molecule has 0 bridgehead atoms.